The van der Waals surface area contributed by atoms with Gasteiger partial charge in [-0.05, 0) is 56.9 Å². The summed E-state index contributed by atoms with van der Waals surface area (Å²) in [7, 11) is 0. The van der Waals surface area contributed by atoms with Crippen LogP contribution >= 0.6 is 0 Å². The van der Waals surface area contributed by atoms with Gasteiger partial charge in [-0.2, -0.15) is 0 Å². The second kappa shape index (κ2) is 6.56. The predicted molar refractivity (Wildman–Crippen MR) is 83.3 cm³/mol. The molecule has 1 aromatic carbocycles. The second-order valence-corrected chi connectivity index (χ2v) is 6.65. The Morgan fingerprint density at radius 3 is 2.05 bits per heavy atom. The molecule has 1 atom stereocenters. The van der Waals surface area contributed by atoms with Gasteiger partial charge in [0.25, 0.3) is 0 Å². The molecule has 0 spiro atoms. The van der Waals surface area contributed by atoms with Gasteiger partial charge in [-0.15, -0.1) is 0 Å². The first-order chi connectivity index (χ1) is 9.06. The first kappa shape index (κ1) is 14.6. The molecule has 0 aliphatic heterocycles. The molecule has 1 aliphatic carbocycles. The van der Waals surface area contributed by atoms with Crippen LogP contribution in [-0.2, 0) is 0 Å². The predicted octanol–water partition coefficient (Wildman–Crippen LogP) is 4.86. The molecule has 2 rings (SSSR count). The van der Waals surface area contributed by atoms with E-state index < -0.39 is 0 Å². The van der Waals surface area contributed by atoms with Crippen LogP contribution in [0.4, 0.5) is 0 Å². The van der Waals surface area contributed by atoms with Crippen LogP contribution in [0.25, 0.3) is 0 Å². The molecule has 1 N–H and O–H groups in total. The van der Waals surface area contributed by atoms with Gasteiger partial charge < -0.3 is 5.32 Å². The lowest BCUT2D eigenvalue weighted by Gasteiger charge is -2.33. The lowest BCUT2D eigenvalue weighted by molar-refractivity contribution is 0.231. The van der Waals surface area contributed by atoms with E-state index >= 15 is 0 Å². The third-order valence-corrected chi connectivity index (χ3v) is 4.78. The summed E-state index contributed by atoms with van der Waals surface area (Å²) in [5.41, 5.74) is 2.75. The highest BCUT2D eigenvalue weighted by Crippen LogP contribution is 2.30. The Bertz CT molecular complexity index is 371. The third kappa shape index (κ3) is 4.07. The minimum Gasteiger partial charge on any atom is -0.307 e. The molecule has 1 saturated carbocycles. The Morgan fingerprint density at radius 2 is 1.53 bits per heavy atom. The minimum atomic E-state index is 0.473. The highest BCUT2D eigenvalue weighted by atomic mass is 14.9. The molecule has 1 nitrogen and oxygen atoms in total. The molecule has 0 amide bonds. The Kier molecular flexibility index (Phi) is 5.04. The smallest absolute Gasteiger partial charge is 0.0294 e. The molecular formula is C18H29N. The Labute approximate surface area is 118 Å². The van der Waals surface area contributed by atoms with Gasteiger partial charge in [0.2, 0.25) is 0 Å². The van der Waals surface area contributed by atoms with E-state index in [1.54, 1.807) is 0 Å². The summed E-state index contributed by atoms with van der Waals surface area (Å²) in [4.78, 5) is 0. The minimum absolute atomic E-state index is 0.473. The van der Waals surface area contributed by atoms with Gasteiger partial charge in [-0.25, -0.2) is 0 Å². The Morgan fingerprint density at radius 1 is 0.947 bits per heavy atom. The van der Waals surface area contributed by atoms with E-state index in [1.165, 1.54) is 36.8 Å². The van der Waals surface area contributed by atoms with Crippen molar-refractivity contribution in [2.75, 3.05) is 0 Å². The quantitative estimate of drug-likeness (QED) is 0.814. The summed E-state index contributed by atoms with van der Waals surface area (Å²) in [6, 6.07) is 10.1. The summed E-state index contributed by atoms with van der Waals surface area (Å²) in [6.45, 7) is 9.18. The summed E-state index contributed by atoms with van der Waals surface area (Å²) in [6.07, 6.45) is 5.49. The van der Waals surface area contributed by atoms with Gasteiger partial charge in [0, 0.05) is 12.1 Å². The van der Waals surface area contributed by atoms with Gasteiger partial charge in [-0.3, -0.25) is 0 Å². The van der Waals surface area contributed by atoms with Gasteiger partial charge in [0.15, 0.2) is 0 Å². The molecule has 0 radical (unpaired) electrons. The van der Waals surface area contributed by atoms with Crippen LogP contribution in [0, 0.1) is 18.8 Å². The van der Waals surface area contributed by atoms with Crippen LogP contribution in [-0.4, -0.2) is 6.04 Å². The molecular weight excluding hydrogens is 230 g/mol. The first-order valence-electron chi connectivity index (χ1n) is 7.89. The zero-order valence-electron chi connectivity index (χ0n) is 12.9. The topological polar surface area (TPSA) is 12.0 Å². The van der Waals surface area contributed by atoms with Crippen LogP contribution < -0.4 is 5.32 Å². The fraction of sp³-hybridized carbons (Fsp3) is 0.667. The molecule has 0 saturated heterocycles. The molecule has 0 bridgehead atoms. The fourth-order valence-corrected chi connectivity index (χ4v) is 3.26. The van der Waals surface area contributed by atoms with Crippen LogP contribution in [0.1, 0.15) is 63.6 Å². The summed E-state index contributed by atoms with van der Waals surface area (Å²) in [5.74, 6) is 1.81. The van der Waals surface area contributed by atoms with Crippen LogP contribution in [0.3, 0.4) is 0 Å². The number of hydrogen-bond acceptors (Lipinski definition) is 1. The van der Waals surface area contributed by atoms with Gasteiger partial charge in [0.05, 0.1) is 0 Å². The highest BCUT2D eigenvalue weighted by Gasteiger charge is 2.24. The Hall–Kier alpha value is -0.820. The number of hydrogen-bond donors (Lipinski definition) is 1. The maximum absolute atomic E-state index is 3.81. The zero-order valence-corrected chi connectivity index (χ0v) is 12.9. The average Bonchev–Trinajstić information content (AvgIpc) is 2.40. The molecule has 19 heavy (non-hydrogen) atoms. The lowest BCUT2D eigenvalue weighted by atomic mass is 9.79. The normalized spacial score (nSPS) is 25.5. The standard InChI is InChI=1S/C18H29N/c1-13(2)16-9-11-18(12-10-16)19-15(4)17-7-5-14(3)6-8-17/h5-8,13,15-16,18-19H,9-12H2,1-4H3/t15-,16?,18?/m1/s1. The van der Waals surface area contributed by atoms with E-state index in [2.05, 4.69) is 57.3 Å². The summed E-state index contributed by atoms with van der Waals surface area (Å²) in [5, 5.41) is 3.81. The number of aryl methyl sites for hydroxylation is 1. The number of nitrogens with one attached hydrogen (secondary N) is 1. The van der Waals surface area contributed by atoms with Crippen molar-refractivity contribution in [1.29, 1.82) is 0 Å². The van der Waals surface area contributed by atoms with Crippen molar-refractivity contribution in [3.63, 3.8) is 0 Å². The lowest BCUT2D eigenvalue weighted by Crippen LogP contribution is -2.35. The summed E-state index contributed by atoms with van der Waals surface area (Å²) < 4.78 is 0. The van der Waals surface area contributed by atoms with Crippen LogP contribution in [0.15, 0.2) is 24.3 Å². The molecule has 106 valence electrons. The van der Waals surface area contributed by atoms with Gasteiger partial charge >= 0.3 is 0 Å². The molecule has 1 heteroatoms. The highest BCUT2D eigenvalue weighted by molar-refractivity contribution is 5.23. The van der Waals surface area contributed by atoms with Crippen molar-refractivity contribution in [2.45, 2.75) is 65.5 Å². The van der Waals surface area contributed by atoms with Crippen molar-refractivity contribution in [1.82, 2.24) is 5.32 Å². The molecule has 1 aromatic rings. The van der Waals surface area contributed by atoms with E-state index in [0.717, 1.165) is 11.8 Å². The molecule has 1 aliphatic rings. The zero-order chi connectivity index (χ0) is 13.8. The van der Waals surface area contributed by atoms with Crippen molar-refractivity contribution in [3.8, 4) is 0 Å². The summed E-state index contributed by atoms with van der Waals surface area (Å²) >= 11 is 0. The van der Waals surface area contributed by atoms with E-state index in [0.29, 0.717) is 12.1 Å². The average molecular weight is 259 g/mol. The van der Waals surface area contributed by atoms with Crippen LogP contribution in [0.2, 0.25) is 0 Å². The maximum Gasteiger partial charge on any atom is 0.0294 e. The van der Waals surface area contributed by atoms with E-state index in [9.17, 15) is 0 Å². The molecule has 1 fully saturated rings. The van der Waals surface area contributed by atoms with Crippen LogP contribution in [0.5, 0.6) is 0 Å². The third-order valence-electron chi connectivity index (χ3n) is 4.78. The van der Waals surface area contributed by atoms with Crippen molar-refractivity contribution < 1.29 is 0 Å². The van der Waals surface area contributed by atoms with Crippen molar-refractivity contribution in [2.24, 2.45) is 11.8 Å². The van der Waals surface area contributed by atoms with Gasteiger partial charge in [-0.1, -0.05) is 43.7 Å². The van der Waals surface area contributed by atoms with Gasteiger partial charge in [0.1, 0.15) is 0 Å². The van der Waals surface area contributed by atoms with E-state index in [-0.39, 0.29) is 0 Å². The largest absolute Gasteiger partial charge is 0.307 e. The van der Waals surface area contributed by atoms with Crippen molar-refractivity contribution in [3.05, 3.63) is 35.4 Å². The van der Waals surface area contributed by atoms with E-state index in [1.807, 2.05) is 0 Å². The first-order valence-corrected chi connectivity index (χ1v) is 7.89. The number of rotatable bonds is 4. The maximum atomic E-state index is 3.81. The monoisotopic (exact) mass is 259 g/mol. The second-order valence-electron chi connectivity index (χ2n) is 6.65. The molecule has 0 unspecified atom stereocenters. The fourth-order valence-electron chi connectivity index (χ4n) is 3.26. The number of benzene rings is 1. The van der Waals surface area contributed by atoms with Crippen molar-refractivity contribution >= 4 is 0 Å². The SMILES string of the molecule is Cc1ccc([C@@H](C)NC2CCC(C(C)C)CC2)cc1. The molecule has 0 aromatic heterocycles. The molecule has 0 heterocycles. The van der Waals surface area contributed by atoms with E-state index in [4.69, 9.17) is 0 Å². The Balaban J connectivity index is 1.83.